The van der Waals surface area contributed by atoms with Crippen LogP contribution < -0.4 is 4.74 Å². The molecule has 1 aliphatic heterocycles. The van der Waals surface area contributed by atoms with Gasteiger partial charge in [0.1, 0.15) is 11.6 Å². The van der Waals surface area contributed by atoms with Crippen molar-refractivity contribution in [3.8, 4) is 5.75 Å². The maximum atomic E-state index is 13.0. The van der Waals surface area contributed by atoms with Crippen molar-refractivity contribution in [2.45, 2.75) is 24.7 Å². The van der Waals surface area contributed by atoms with E-state index in [0.717, 1.165) is 18.6 Å². The van der Waals surface area contributed by atoms with Gasteiger partial charge < -0.3 is 4.74 Å². The van der Waals surface area contributed by atoms with Gasteiger partial charge in [0.15, 0.2) is 0 Å². The SMILES string of the molecule is Cc1ccc(OCC2CCN(S(=O)(=O)c3ccc(F)cc3)CC2)cc1. The minimum Gasteiger partial charge on any atom is -0.493 e. The fourth-order valence-electron chi connectivity index (χ4n) is 2.92. The van der Waals surface area contributed by atoms with E-state index in [9.17, 15) is 12.8 Å². The lowest BCUT2D eigenvalue weighted by Crippen LogP contribution is -2.39. The molecule has 2 aromatic rings. The number of rotatable bonds is 5. The van der Waals surface area contributed by atoms with Gasteiger partial charge in [0.25, 0.3) is 0 Å². The summed E-state index contributed by atoms with van der Waals surface area (Å²) in [7, 11) is -3.55. The lowest BCUT2D eigenvalue weighted by Gasteiger charge is -2.31. The van der Waals surface area contributed by atoms with E-state index in [1.54, 1.807) is 0 Å². The Morgan fingerprint density at radius 3 is 2.24 bits per heavy atom. The van der Waals surface area contributed by atoms with Crippen LogP contribution in [0, 0.1) is 18.7 Å². The van der Waals surface area contributed by atoms with Gasteiger partial charge in [0.05, 0.1) is 11.5 Å². The van der Waals surface area contributed by atoms with Gasteiger partial charge in [-0.2, -0.15) is 4.31 Å². The summed E-state index contributed by atoms with van der Waals surface area (Å²) in [5.74, 6) is 0.735. The summed E-state index contributed by atoms with van der Waals surface area (Å²) in [6.07, 6.45) is 1.51. The van der Waals surface area contributed by atoms with Crippen LogP contribution in [0.4, 0.5) is 4.39 Å². The van der Waals surface area contributed by atoms with Crippen LogP contribution in [0.5, 0.6) is 5.75 Å². The zero-order chi connectivity index (χ0) is 17.9. The molecule has 3 rings (SSSR count). The van der Waals surface area contributed by atoms with Gasteiger partial charge in [0, 0.05) is 13.1 Å². The monoisotopic (exact) mass is 363 g/mol. The van der Waals surface area contributed by atoms with Crippen molar-refractivity contribution in [1.82, 2.24) is 4.31 Å². The van der Waals surface area contributed by atoms with E-state index in [2.05, 4.69) is 0 Å². The summed E-state index contributed by atoms with van der Waals surface area (Å²) in [4.78, 5) is 0.142. The van der Waals surface area contributed by atoms with Crippen molar-refractivity contribution in [3.05, 3.63) is 59.9 Å². The molecule has 0 unspecified atom stereocenters. The Hall–Kier alpha value is -1.92. The highest BCUT2D eigenvalue weighted by molar-refractivity contribution is 7.89. The summed E-state index contributed by atoms with van der Waals surface area (Å²) in [6, 6.07) is 12.9. The summed E-state index contributed by atoms with van der Waals surface area (Å²) in [6.45, 7) is 3.54. The number of sulfonamides is 1. The van der Waals surface area contributed by atoms with Crippen LogP contribution in [0.3, 0.4) is 0 Å². The van der Waals surface area contributed by atoms with Crippen LogP contribution in [0.15, 0.2) is 53.4 Å². The quantitative estimate of drug-likeness (QED) is 0.815. The normalized spacial score (nSPS) is 16.7. The fourth-order valence-corrected chi connectivity index (χ4v) is 4.39. The number of hydrogen-bond acceptors (Lipinski definition) is 3. The van der Waals surface area contributed by atoms with Crippen molar-refractivity contribution < 1.29 is 17.5 Å². The lowest BCUT2D eigenvalue weighted by atomic mass is 9.99. The fraction of sp³-hybridized carbons (Fsp3) is 0.368. The number of piperidine rings is 1. The molecular weight excluding hydrogens is 341 g/mol. The topological polar surface area (TPSA) is 46.6 Å². The predicted molar refractivity (Wildman–Crippen MR) is 94.6 cm³/mol. The first kappa shape index (κ1) is 17.9. The Kier molecular flexibility index (Phi) is 5.39. The average Bonchev–Trinajstić information content (AvgIpc) is 2.62. The third kappa shape index (κ3) is 4.38. The van der Waals surface area contributed by atoms with Crippen LogP contribution in [-0.4, -0.2) is 32.4 Å². The van der Waals surface area contributed by atoms with E-state index < -0.39 is 15.8 Å². The van der Waals surface area contributed by atoms with Gasteiger partial charge in [-0.15, -0.1) is 0 Å². The molecule has 0 N–H and O–H groups in total. The molecule has 0 radical (unpaired) electrons. The Labute approximate surface area is 148 Å². The molecule has 1 saturated heterocycles. The maximum Gasteiger partial charge on any atom is 0.243 e. The molecule has 0 aromatic heterocycles. The minimum absolute atomic E-state index is 0.142. The van der Waals surface area contributed by atoms with Gasteiger partial charge in [-0.25, -0.2) is 12.8 Å². The van der Waals surface area contributed by atoms with Gasteiger partial charge in [-0.1, -0.05) is 17.7 Å². The van der Waals surface area contributed by atoms with Crippen LogP contribution in [0.25, 0.3) is 0 Å². The highest BCUT2D eigenvalue weighted by atomic mass is 32.2. The molecular formula is C19H22FNO3S. The highest BCUT2D eigenvalue weighted by Gasteiger charge is 2.29. The number of benzene rings is 2. The van der Waals surface area contributed by atoms with Crippen molar-refractivity contribution in [2.24, 2.45) is 5.92 Å². The van der Waals surface area contributed by atoms with E-state index in [4.69, 9.17) is 4.74 Å². The molecule has 0 aliphatic carbocycles. The third-order valence-corrected chi connectivity index (χ3v) is 6.44. The van der Waals surface area contributed by atoms with E-state index in [0.29, 0.717) is 25.6 Å². The Bertz CT molecular complexity index is 796. The highest BCUT2D eigenvalue weighted by Crippen LogP contribution is 2.25. The summed E-state index contributed by atoms with van der Waals surface area (Å²) in [5.41, 5.74) is 1.19. The van der Waals surface area contributed by atoms with Crippen molar-refractivity contribution >= 4 is 10.0 Å². The number of nitrogens with zero attached hydrogens (tertiary/aromatic N) is 1. The molecule has 0 atom stereocenters. The van der Waals surface area contributed by atoms with Gasteiger partial charge >= 0.3 is 0 Å². The zero-order valence-corrected chi connectivity index (χ0v) is 15.0. The average molecular weight is 363 g/mol. The lowest BCUT2D eigenvalue weighted by molar-refractivity contribution is 0.185. The third-order valence-electron chi connectivity index (χ3n) is 4.53. The van der Waals surface area contributed by atoms with Crippen molar-refractivity contribution in [3.63, 3.8) is 0 Å². The molecule has 134 valence electrons. The number of aryl methyl sites for hydroxylation is 1. The van der Waals surface area contributed by atoms with E-state index in [1.165, 1.54) is 34.1 Å². The number of halogens is 1. The largest absolute Gasteiger partial charge is 0.493 e. The molecule has 25 heavy (non-hydrogen) atoms. The minimum atomic E-state index is -3.55. The smallest absolute Gasteiger partial charge is 0.243 e. The summed E-state index contributed by atoms with van der Waals surface area (Å²) >= 11 is 0. The van der Waals surface area contributed by atoms with Crippen LogP contribution in [0.2, 0.25) is 0 Å². The molecule has 0 amide bonds. The van der Waals surface area contributed by atoms with Crippen LogP contribution in [-0.2, 0) is 10.0 Å². The molecule has 0 bridgehead atoms. The molecule has 2 aromatic carbocycles. The van der Waals surface area contributed by atoms with E-state index >= 15 is 0 Å². The molecule has 1 fully saturated rings. The van der Waals surface area contributed by atoms with Crippen LogP contribution in [0.1, 0.15) is 18.4 Å². The summed E-state index contributed by atoms with van der Waals surface area (Å²) in [5, 5.41) is 0. The molecule has 1 heterocycles. The Morgan fingerprint density at radius 2 is 1.64 bits per heavy atom. The standard InChI is InChI=1S/C19H22FNO3S/c1-15-2-6-18(7-3-15)24-14-16-10-12-21(13-11-16)25(22,23)19-8-4-17(20)5-9-19/h2-9,16H,10-14H2,1H3. The molecule has 0 saturated carbocycles. The van der Waals surface area contributed by atoms with Crippen molar-refractivity contribution in [2.75, 3.05) is 19.7 Å². The molecule has 6 heteroatoms. The van der Waals surface area contributed by atoms with Crippen molar-refractivity contribution in [1.29, 1.82) is 0 Å². The van der Waals surface area contributed by atoms with Gasteiger partial charge in [-0.3, -0.25) is 0 Å². The Balaban J connectivity index is 1.54. The molecule has 1 aliphatic rings. The number of hydrogen-bond donors (Lipinski definition) is 0. The first-order chi connectivity index (χ1) is 11.9. The first-order valence-corrected chi connectivity index (χ1v) is 9.84. The number of ether oxygens (including phenoxy) is 1. The van der Waals surface area contributed by atoms with E-state index in [-0.39, 0.29) is 4.90 Å². The molecule has 4 nitrogen and oxygen atoms in total. The second kappa shape index (κ2) is 7.54. The first-order valence-electron chi connectivity index (χ1n) is 8.40. The summed E-state index contributed by atoms with van der Waals surface area (Å²) < 4.78 is 45.5. The maximum absolute atomic E-state index is 13.0. The second-order valence-electron chi connectivity index (χ2n) is 6.43. The Morgan fingerprint density at radius 1 is 1.04 bits per heavy atom. The predicted octanol–water partition coefficient (Wildman–Crippen LogP) is 3.61. The van der Waals surface area contributed by atoms with Gasteiger partial charge in [0.2, 0.25) is 10.0 Å². The molecule has 0 spiro atoms. The second-order valence-corrected chi connectivity index (χ2v) is 8.36. The zero-order valence-electron chi connectivity index (χ0n) is 14.2. The van der Waals surface area contributed by atoms with Gasteiger partial charge in [-0.05, 0) is 62.1 Å². The van der Waals surface area contributed by atoms with Crippen LogP contribution >= 0.6 is 0 Å². The van der Waals surface area contributed by atoms with E-state index in [1.807, 2.05) is 31.2 Å².